The van der Waals surface area contributed by atoms with Gasteiger partial charge in [0, 0.05) is 0 Å². The summed E-state index contributed by atoms with van der Waals surface area (Å²) in [5.41, 5.74) is 8.50. The van der Waals surface area contributed by atoms with E-state index in [0.717, 1.165) is 0 Å². The van der Waals surface area contributed by atoms with Crippen LogP contribution in [0.2, 0.25) is 0 Å². The summed E-state index contributed by atoms with van der Waals surface area (Å²) in [5.74, 6) is 0. The molecule has 0 aliphatic carbocycles. The van der Waals surface area contributed by atoms with Gasteiger partial charge in [0.25, 0.3) is 0 Å². The monoisotopic (exact) mass is 110 g/mol. The number of urea groups is 1. The molecule has 0 rings (SSSR count). The number of hydrogen-bond donors (Lipinski definition) is 2. The van der Waals surface area contributed by atoms with Gasteiger partial charge in [-0.1, -0.05) is 0 Å². The van der Waals surface area contributed by atoms with Crippen LogP contribution in [0.25, 0.3) is 0 Å². The molecule has 6 heavy (non-hydrogen) atoms. The molecule has 0 aromatic carbocycles. The molecule has 0 heterocycles. The Labute approximate surface area is 78.0 Å². The summed E-state index contributed by atoms with van der Waals surface area (Å²) in [6, 6.07) is -0.833. The van der Waals surface area contributed by atoms with Gasteiger partial charge in [-0.05, 0) is 0 Å². The van der Waals surface area contributed by atoms with Crippen LogP contribution in [0.1, 0.15) is 0 Å². The van der Waals surface area contributed by atoms with Gasteiger partial charge in [0.2, 0.25) is 0 Å². The van der Waals surface area contributed by atoms with Gasteiger partial charge in [-0.15, -0.1) is 0 Å². The number of carbonyl (C=O) groups is 1. The molecule has 0 spiro atoms. The molecule has 0 aliphatic rings. The third-order valence-electron chi connectivity index (χ3n) is 0. The molecule has 0 aromatic heterocycles. The van der Waals surface area contributed by atoms with Crippen molar-refractivity contribution in [1.29, 1.82) is 0 Å². The number of rotatable bonds is 0. The van der Waals surface area contributed by atoms with Gasteiger partial charge in [-0.3, -0.25) is 0 Å². The van der Waals surface area contributed by atoms with Crippen molar-refractivity contribution in [2.75, 3.05) is 0 Å². The molecule has 0 fully saturated rings. The third kappa shape index (κ3) is 68.7. The second-order valence-electron chi connectivity index (χ2n) is 0.402. The Hall–Kier alpha value is 1.13. The van der Waals surface area contributed by atoms with Crippen LogP contribution in [-0.4, -0.2) is 62.6 Å². The van der Waals surface area contributed by atoms with E-state index in [1.807, 2.05) is 0 Å². The molecule has 0 radical (unpaired) electrons. The maximum atomic E-state index is 9.00. The summed E-state index contributed by atoms with van der Waals surface area (Å²) in [6.45, 7) is 0. The van der Waals surface area contributed by atoms with Crippen LogP contribution in [-0.2, 0) is 0 Å². The summed E-state index contributed by atoms with van der Waals surface area (Å²) in [4.78, 5) is 9.00. The van der Waals surface area contributed by atoms with E-state index < -0.39 is 6.03 Å². The topological polar surface area (TPSA) is 69.1 Å². The van der Waals surface area contributed by atoms with Crippen molar-refractivity contribution in [2.24, 2.45) is 11.5 Å². The second kappa shape index (κ2) is 9.46. The van der Waals surface area contributed by atoms with Crippen LogP contribution in [0.15, 0.2) is 0 Å². The van der Waals surface area contributed by atoms with Crippen molar-refractivity contribution in [2.45, 2.75) is 0 Å². The Morgan fingerprint density at radius 3 is 1.33 bits per heavy atom. The molecule has 0 saturated carbocycles. The fourth-order valence-electron chi connectivity index (χ4n) is 0. The van der Waals surface area contributed by atoms with E-state index >= 15 is 0 Å². The van der Waals surface area contributed by atoms with Crippen LogP contribution < -0.4 is 11.5 Å². The van der Waals surface area contributed by atoms with Gasteiger partial charge in [0.15, 0.2) is 0 Å². The zero-order valence-corrected chi connectivity index (χ0v) is 2.06. The van der Waals surface area contributed by atoms with Crippen molar-refractivity contribution in [3.05, 3.63) is 0 Å². The summed E-state index contributed by atoms with van der Waals surface area (Å²) in [7, 11) is 0. The molecular formula is CH7CaLiN2O. The molecular weight excluding hydrogens is 103 g/mol. The van der Waals surface area contributed by atoms with Gasteiger partial charge in [-0.25, -0.2) is 4.79 Å². The average molecular weight is 110 g/mol. The van der Waals surface area contributed by atoms with Gasteiger partial charge >= 0.3 is 62.6 Å². The summed E-state index contributed by atoms with van der Waals surface area (Å²) in [6.07, 6.45) is 0. The molecule has 0 atom stereocenters. The normalized spacial score (nSPS) is 4.00. The first-order valence-corrected chi connectivity index (χ1v) is 0.781. The molecule has 0 aliphatic heterocycles. The first-order chi connectivity index (χ1) is 1.73. The predicted octanol–water partition coefficient (Wildman–Crippen LogP) is -2.54. The number of hydrogen-bond acceptors (Lipinski definition) is 1. The van der Waals surface area contributed by atoms with E-state index in [9.17, 15) is 0 Å². The Morgan fingerprint density at radius 1 is 1.33 bits per heavy atom. The van der Waals surface area contributed by atoms with Crippen LogP contribution in [0.4, 0.5) is 4.79 Å². The molecule has 0 aromatic rings. The quantitative estimate of drug-likeness (QED) is 0.331. The maximum absolute atomic E-state index is 9.00. The Kier molecular flexibility index (Phi) is 24.8. The van der Waals surface area contributed by atoms with Crippen molar-refractivity contribution in [1.82, 2.24) is 0 Å². The zero-order chi connectivity index (χ0) is 3.58. The second-order valence-corrected chi connectivity index (χ2v) is 0.402. The van der Waals surface area contributed by atoms with E-state index in [4.69, 9.17) is 4.79 Å². The van der Waals surface area contributed by atoms with Crippen molar-refractivity contribution in [3.8, 4) is 0 Å². The van der Waals surface area contributed by atoms with Gasteiger partial charge in [0.1, 0.15) is 0 Å². The molecule has 0 saturated heterocycles. The van der Waals surface area contributed by atoms with E-state index in [2.05, 4.69) is 11.5 Å². The first-order valence-electron chi connectivity index (χ1n) is 0.781. The third-order valence-corrected chi connectivity index (χ3v) is 0. The molecule has 4 N–H and O–H groups in total. The summed E-state index contributed by atoms with van der Waals surface area (Å²) >= 11 is 0. The van der Waals surface area contributed by atoms with Crippen molar-refractivity contribution >= 4 is 62.6 Å². The predicted molar refractivity (Wildman–Crippen MR) is 29.5 cm³/mol. The SMILES string of the molecule is NC(N)=O.[CaH2].[LiH]. The van der Waals surface area contributed by atoms with E-state index in [1.165, 1.54) is 0 Å². The molecule has 3 nitrogen and oxygen atoms in total. The molecule has 2 amide bonds. The van der Waals surface area contributed by atoms with Crippen LogP contribution in [0.5, 0.6) is 0 Å². The Bertz CT molecular complexity index is 36.5. The minimum atomic E-state index is -0.833. The van der Waals surface area contributed by atoms with E-state index in [-0.39, 0.29) is 56.6 Å². The molecule has 30 valence electrons. The fraction of sp³-hybridized carbons (Fsp3) is 0. The molecule has 0 unspecified atom stereocenters. The van der Waals surface area contributed by atoms with Crippen LogP contribution >= 0.6 is 0 Å². The Balaban J connectivity index is -0.0000000450. The zero-order valence-electron chi connectivity index (χ0n) is 2.06. The van der Waals surface area contributed by atoms with E-state index in [1.54, 1.807) is 0 Å². The molecule has 0 bridgehead atoms. The summed E-state index contributed by atoms with van der Waals surface area (Å²) < 4.78 is 0. The van der Waals surface area contributed by atoms with Gasteiger partial charge in [-0.2, -0.15) is 0 Å². The van der Waals surface area contributed by atoms with E-state index in [0.29, 0.717) is 0 Å². The summed E-state index contributed by atoms with van der Waals surface area (Å²) in [5, 5.41) is 0. The van der Waals surface area contributed by atoms with Crippen LogP contribution in [0.3, 0.4) is 0 Å². The fourth-order valence-corrected chi connectivity index (χ4v) is 0. The van der Waals surface area contributed by atoms with Crippen LogP contribution in [0, 0.1) is 0 Å². The van der Waals surface area contributed by atoms with Crippen molar-refractivity contribution < 1.29 is 4.79 Å². The van der Waals surface area contributed by atoms with Gasteiger partial charge in [0.05, 0.1) is 0 Å². The first kappa shape index (κ1) is 15.7. The molecule has 5 heteroatoms. The average Bonchev–Trinajstić information content (AvgIpc) is 0.811. The number of primary amides is 2. The number of nitrogens with two attached hydrogens (primary N) is 2. The minimum absolute atomic E-state index is 0. The van der Waals surface area contributed by atoms with Gasteiger partial charge < -0.3 is 11.5 Å². The standard InChI is InChI=1S/CH4N2O.Ca.Li.3H/c2-1(3)4;;;;;/h(H4,2,3,4);;;;;. The Morgan fingerprint density at radius 2 is 1.33 bits per heavy atom. The van der Waals surface area contributed by atoms with Crippen molar-refractivity contribution in [3.63, 3.8) is 0 Å². The number of carbonyl (C=O) groups excluding carboxylic acids is 1. The number of amides is 2.